The second-order valence-electron chi connectivity index (χ2n) is 2.49. The first-order valence-electron chi connectivity index (χ1n) is 3.74. The van der Waals surface area contributed by atoms with Crippen molar-refractivity contribution in [1.82, 2.24) is 0 Å². The van der Waals surface area contributed by atoms with Gasteiger partial charge in [-0.25, -0.2) is 8.42 Å². The van der Waals surface area contributed by atoms with Gasteiger partial charge in [-0.1, -0.05) is 25.1 Å². The fraction of sp³-hybridized carbons (Fsp3) is 0.222. The number of hydrogen-bond donors (Lipinski definition) is 0. The average Bonchev–Trinajstić information content (AvgIpc) is 2.06. The van der Waals surface area contributed by atoms with E-state index in [1.54, 1.807) is 30.3 Å². The minimum atomic E-state index is -3.07. The Kier molecular flexibility index (Phi) is 2.87. The zero-order valence-electron chi connectivity index (χ0n) is 6.73. The Morgan fingerprint density at radius 2 is 1.75 bits per heavy atom. The molecule has 0 atom stereocenters. The largest absolute Gasteiger partial charge is 0.224 e. The monoisotopic (exact) mass is 183 g/mol. The van der Waals surface area contributed by atoms with Crippen molar-refractivity contribution in [1.29, 1.82) is 0 Å². The number of rotatable bonds is 3. The van der Waals surface area contributed by atoms with Crippen molar-refractivity contribution in [2.45, 2.75) is 11.3 Å². The van der Waals surface area contributed by atoms with Crippen LogP contribution < -0.4 is 0 Å². The number of benzene rings is 1. The van der Waals surface area contributed by atoms with Crippen LogP contribution in [0.5, 0.6) is 0 Å². The van der Waals surface area contributed by atoms with Gasteiger partial charge in [-0.15, -0.1) is 0 Å². The standard InChI is InChI=1S/C9H11O2S/c1-2-8-12(10,11)9-6-4-3-5-7-9/h3-7H,1-2,8H2. The van der Waals surface area contributed by atoms with Gasteiger partial charge in [0.05, 0.1) is 10.6 Å². The highest BCUT2D eigenvalue weighted by molar-refractivity contribution is 7.91. The van der Waals surface area contributed by atoms with E-state index in [2.05, 4.69) is 6.92 Å². The molecule has 0 saturated heterocycles. The zero-order valence-corrected chi connectivity index (χ0v) is 7.55. The fourth-order valence-electron chi connectivity index (χ4n) is 0.936. The zero-order chi connectivity index (χ0) is 9.03. The first-order chi connectivity index (χ1) is 5.67. The molecule has 0 bridgehead atoms. The van der Waals surface area contributed by atoms with Crippen molar-refractivity contribution < 1.29 is 8.42 Å². The maximum absolute atomic E-state index is 11.4. The Morgan fingerprint density at radius 1 is 1.17 bits per heavy atom. The van der Waals surface area contributed by atoms with Crippen LogP contribution in [0, 0.1) is 6.92 Å². The molecule has 0 amide bonds. The molecule has 0 aliphatic carbocycles. The van der Waals surface area contributed by atoms with Gasteiger partial charge in [-0.2, -0.15) is 0 Å². The van der Waals surface area contributed by atoms with E-state index in [1.165, 1.54) is 0 Å². The lowest BCUT2D eigenvalue weighted by molar-refractivity contribution is 0.595. The van der Waals surface area contributed by atoms with E-state index in [0.717, 1.165) is 0 Å². The molecule has 0 N–H and O–H groups in total. The molecule has 12 heavy (non-hydrogen) atoms. The summed E-state index contributed by atoms with van der Waals surface area (Å²) in [6.07, 6.45) is 0.414. The molecule has 2 nitrogen and oxygen atoms in total. The Balaban J connectivity index is 2.99. The van der Waals surface area contributed by atoms with E-state index < -0.39 is 9.84 Å². The third kappa shape index (κ3) is 2.08. The highest BCUT2D eigenvalue weighted by Crippen LogP contribution is 2.10. The molecule has 0 aromatic heterocycles. The molecular weight excluding hydrogens is 172 g/mol. The van der Waals surface area contributed by atoms with E-state index in [-0.39, 0.29) is 5.75 Å². The summed E-state index contributed by atoms with van der Waals surface area (Å²) < 4.78 is 22.8. The summed E-state index contributed by atoms with van der Waals surface area (Å²) in [6.45, 7) is 3.52. The van der Waals surface area contributed by atoms with E-state index in [0.29, 0.717) is 11.3 Å². The minimum Gasteiger partial charge on any atom is -0.224 e. The van der Waals surface area contributed by atoms with Crippen LogP contribution in [0.4, 0.5) is 0 Å². The van der Waals surface area contributed by atoms with Gasteiger partial charge in [0.2, 0.25) is 0 Å². The molecule has 65 valence electrons. The first-order valence-corrected chi connectivity index (χ1v) is 5.39. The average molecular weight is 183 g/mol. The summed E-state index contributed by atoms with van der Waals surface area (Å²) >= 11 is 0. The lowest BCUT2D eigenvalue weighted by Crippen LogP contribution is -2.05. The van der Waals surface area contributed by atoms with Crippen LogP contribution in [-0.4, -0.2) is 14.2 Å². The molecule has 1 rings (SSSR count). The molecule has 0 aliphatic rings. The van der Waals surface area contributed by atoms with Crippen LogP contribution >= 0.6 is 0 Å². The molecule has 1 aromatic rings. The van der Waals surface area contributed by atoms with Crippen molar-refractivity contribution in [2.75, 3.05) is 5.75 Å². The first kappa shape index (κ1) is 9.26. The van der Waals surface area contributed by atoms with Gasteiger partial charge in [-0.3, -0.25) is 0 Å². The van der Waals surface area contributed by atoms with Crippen LogP contribution in [0.15, 0.2) is 35.2 Å². The fourth-order valence-corrected chi connectivity index (χ4v) is 2.12. The lowest BCUT2D eigenvalue weighted by atomic mass is 10.4. The number of hydrogen-bond acceptors (Lipinski definition) is 2. The SMILES string of the molecule is [CH2]CCS(=O)(=O)c1ccccc1. The van der Waals surface area contributed by atoms with Crippen LogP contribution in [0.1, 0.15) is 6.42 Å². The smallest absolute Gasteiger partial charge is 0.178 e. The van der Waals surface area contributed by atoms with Gasteiger partial charge in [0.1, 0.15) is 0 Å². The Morgan fingerprint density at radius 3 is 2.25 bits per heavy atom. The second kappa shape index (κ2) is 3.72. The van der Waals surface area contributed by atoms with Crippen molar-refractivity contribution in [3.05, 3.63) is 37.3 Å². The molecule has 0 fully saturated rings. The van der Waals surface area contributed by atoms with Crippen LogP contribution in [0.2, 0.25) is 0 Å². The summed E-state index contributed by atoms with van der Waals surface area (Å²) in [4.78, 5) is 0.383. The van der Waals surface area contributed by atoms with Gasteiger partial charge in [-0.05, 0) is 18.6 Å². The van der Waals surface area contributed by atoms with E-state index >= 15 is 0 Å². The lowest BCUT2D eigenvalue weighted by Gasteiger charge is -2.00. The highest BCUT2D eigenvalue weighted by Gasteiger charge is 2.10. The van der Waals surface area contributed by atoms with Crippen LogP contribution in [-0.2, 0) is 9.84 Å². The highest BCUT2D eigenvalue weighted by atomic mass is 32.2. The minimum absolute atomic E-state index is 0.122. The molecule has 0 heterocycles. The molecule has 1 radical (unpaired) electrons. The normalized spacial score (nSPS) is 11.4. The Bertz CT molecular complexity index is 327. The van der Waals surface area contributed by atoms with Gasteiger partial charge < -0.3 is 0 Å². The second-order valence-corrected chi connectivity index (χ2v) is 4.59. The topological polar surface area (TPSA) is 34.1 Å². The Hall–Kier alpha value is -0.830. The molecule has 0 spiro atoms. The van der Waals surface area contributed by atoms with Crippen molar-refractivity contribution in [3.63, 3.8) is 0 Å². The maximum Gasteiger partial charge on any atom is 0.178 e. The molecule has 0 unspecified atom stereocenters. The summed E-state index contributed by atoms with van der Waals surface area (Å²) in [5.41, 5.74) is 0. The summed E-state index contributed by atoms with van der Waals surface area (Å²) in [6, 6.07) is 8.44. The summed E-state index contributed by atoms with van der Waals surface area (Å²) in [7, 11) is -3.07. The summed E-state index contributed by atoms with van der Waals surface area (Å²) in [5, 5.41) is 0. The van der Waals surface area contributed by atoms with Crippen molar-refractivity contribution >= 4 is 9.84 Å². The van der Waals surface area contributed by atoms with Gasteiger partial charge >= 0.3 is 0 Å². The summed E-state index contributed by atoms with van der Waals surface area (Å²) in [5.74, 6) is 0.122. The van der Waals surface area contributed by atoms with Crippen LogP contribution in [0.3, 0.4) is 0 Å². The van der Waals surface area contributed by atoms with Gasteiger partial charge in [0, 0.05) is 0 Å². The molecule has 3 heteroatoms. The quantitative estimate of drug-likeness (QED) is 0.714. The molecule has 1 aromatic carbocycles. The van der Waals surface area contributed by atoms with Crippen LogP contribution in [0.25, 0.3) is 0 Å². The van der Waals surface area contributed by atoms with Gasteiger partial charge in [0.15, 0.2) is 9.84 Å². The van der Waals surface area contributed by atoms with E-state index in [9.17, 15) is 8.42 Å². The van der Waals surface area contributed by atoms with Crippen molar-refractivity contribution in [2.24, 2.45) is 0 Å². The van der Waals surface area contributed by atoms with E-state index in [1.807, 2.05) is 0 Å². The predicted molar refractivity (Wildman–Crippen MR) is 48.5 cm³/mol. The van der Waals surface area contributed by atoms with Crippen molar-refractivity contribution in [3.8, 4) is 0 Å². The third-order valence-corrected chi connectivity index (χ3v) is 3.33. The molecular formula is C9H11O2S. The predicted octanol–water partition coefficient (Wildman–Crippen LogP) is 1.68. The maximum atomic E-state index is 11.4. The molecule has 0 aliphatic heterocycles. The van der Waals surface area contributed by atoms with E-state index in [4.69, 9.17) is 0 Å². The number of sulfone groups is 1. The Labute approximate surface area is 73.2 Å². The van der Waals surface area contributed by atoms with Gasteiger partial charge in [0.25, 0.3) is 0 Å². The molecule has 0 saturated carbocycles. The third-order valence-electron chi connectivity index (χ3n) is 1.52.